The molecule has 0 aliphatic heterocycles. The highest BCUT2D eigenvalue weighted by atomic mass is 16.5. The van der Waals surface area contributed by atoms with Gasteiger partial charge in [0, 0.05) is 11.5 Å². The zero-order valence-corrected chi connectivity index (χ0v) is 11.6. The smallest absolute Gasteiger partial charge is 0.166 e. The van der Waals surface area contributed by atoms with Gasteiger partial charge < -0.3 is 4.74 Å². The highest BCUT2D eigenvalue weighted by molar-refractivity contribution is 6.00. The van der Waals surface area contributed by atoms with Crippen LogP contribution in [-0.4, -0.2) is 12.9 Å². The summed E-state index contributed by atoms with van der Waals surface area (Å²) in [7, 11) is 1.66. The number of Topliss-reactive ketones (excluding diaryl/α,β-unsaturated/α-hetero) is 1. The van der Waals surface area contributed by atoms with Crippen LogP contribution in [-0.2, 0) is 12.8 Å². The van der Waals surface area contributed by atoms with E-state index >= 15 is 0 Å². The van der Waals surface area contributed by atoms with Gasteiger partial charge in [0.25, 0.3) is 0 Å². The van der Waals surface area contributed by atoms with Crippen molar-refractivity contribution in [1.29, 1.82) is 0 Å². The van der Waals surface area contributed by atoms with Crippen LogP contribution in [0.4, 0.5) is 0 Å². The van der Waals surface area contributed by atoms with Crippen LogP contribution in [0.2, 0.25) is 0 Å². The van der Waals surface area contributed by atoms with Crippen LogP contribution < -0.4 is 4.74 Å². The van der Waals surface area contributed by atoms with Crippen molar-refractivity contribution in [1.82, 2.24) is 0 Å². The van der Waals surface area contributed by atoms with Crippen molar-refractivity contribution in [3.05, 3.63) is 65.2 Å². The lowest BCUT2D eigenvalue weighted by atomic mass is 9.80. The Kier molecular flexibility index (Phi) is 3.55. The average Bonchev–Trinajstić information content (AvgIpc) is 2.51. The molecule has 1 aliphatic carbocycles. The molecule has 1 aliphatic rings. The quantitative estimate of drug-likeness (QED) is 0.847. The second-order valence-electron chi connectivity index (χ2n) is 5.31. The van der Waals surface area contributed by atoms with Crippen LogP contribution in [0, 0.1) is 5.92 Å². The van der Waals surface area contributed by atoms with E-state index in [-0.39, 0.29) is 5.92 Å². The molecule has 2 aromatic carbocycles. The molecule has 0 N–H and O–H groups in total. The molecule has 0 fully saturated rings. The van der Waals surface area contributed by atoms with E-state index in [1.54, 1.807) is 7.11 Å². The van der Waals surface area contributed by atoms with Crippen LogP contribution in [0.25, 0.3) is 0 Å². The minimum atomic E-state index is 0.110. The average molecular weight is 266 g/mol. The number of hydrogen-bond donors (Lipinski definition) is 0. The van der Waals surface area contributed by atoms with E-state index in [4.69, 9.17) is 4.74 Å². The Bertz CT molecular complexity index is 614. The van der Waals surface area contributed by atoms with Crippen molar-refractivity contribution in [2.24, 2.45) is 5.92 Å². The number of methoxy groups -OCH3 is 1. The molecule has 0 spiro atoms. The van der Waals surface area contributed by atoms with E-state index in [0.29, 0.717) is 5.78 Å². The topological polar surface area (TPSA) is 26.3 Å². The first kappa shape index (κ1) is 12.9. The zero-order valence-electron chi connectivity index (χ0n) is 11.6. The number of carbonyl (C=O) groups excluding carboxylic acids is 1. The lowest BCUT2D eigenvalue weighted by Crippen LogP contribution is -2.24. The minimum Gasteiger partial charge on any atom is -0.497 e. The molecule has 1 atom stereocenters. The van der Waals surface area contributed by atoms with Gasteiger partial charge in [0.05, 0.1) is 7.11 Å². The molecule has 0 saturated carbocycles. The summed E-state index contributed by atoms with van der Waals surface area (Å²) in [5.41, 5.74) is 3.31. The summed E-state index contributed by atoms with van der Waals surface area (Å²) in [6, 6.07) is 16.0. The third kappa shape index (κ3) is 2.46. The van der Waals surface area contributed by atoms with Crippen molar-refractivity contribution >= 4 is 5.78 Å². The Labute approximate surface area is 119 Å². The van der Waals surface area contributed by atoms with E-state index in [2.05, 4.69) is 6.07 Å². The molecule has 3 rings (SSSR count). The third-order valence-corrected chi connectivity index (χ3v) is 4.06. The SMILES string of the molecule is COc1ccc(CC2CCc3ccccc3C2=O)cc1. The maximum Gasteiger partial charge on any atom is 0.166 e. The Hall–Kier alpha value is -2.09. The number of ketones is 1. The highest BCUT2D eigenvalue weighted by Crippen LogP contribution is 2.28. The highest BCUT2D eigenvalue weighted by Gasteiger charge is 2.26. The van der Waals surface area contributed by atoms with Crippen molar-refractivity contribution in [3.63, 3.8) is 0 Å². The predicted molar refractivity (Wildman–Crippen MR) is 79.3 cm³/mol. The van der Waals surface area contributed by atoms with E-state index in [1.165, 1.54) is 11.1 Å². The first-order valence-corrected chi connectivity index (χ1v) is 7.03. The van der Waals surface area contributed by atoms with E-state index in [9.17, 15) is 4.79 Å². The monoisotopic (exact) mass is 266 g/mol. The van der Waals surface area contributed by atoms with Crippen molar-refractivity contribution in [2.45, 2.75) is 19.3 Å². The molecule has 0 radical (unpaired) electrons. The summed E-state index contributed by atoms with van der Waals surface area (Å²) < 4.78 is 5.16. The fourth-order valence-corrected chi connectivity index (χ4v) is 2.90. The van der Waals surface area contributed by atoms with Gasteiger partial charge in [-0.05, 0) is 42.5 Å². The van der Waals surface area contributed by atoms with Crippen LogP contribution in [0.15, 0.2) is 48.5 Å². The number of carbonyl (C=O) groups is 1. The van der Waals surface area contributed by atoms with E-state index in [1.807, 2.05) is 42.5 Å². The van der Waals surface area contributed by atoms with Gasteiger partial charge in [-0.1, -0.05) is 36.4 Å². The van der Waals surface area contributed by atoms with Crippen LogP contribution in [0.5, 0.6) is 5.75 Å². The van der Waals surface area contributed by atoms with Gasteiger partial charge in [-0.3, -0.25) is 4.79 Å². The van der Waals surface area contributed by atoms with Crippen LogP contribution in [0.3, 0.4) is 0 Å². The Morgan fingerprint density at radius 2 is 1.85 bits per heavy atom. The third-order valence-electron chi connectivity index (χ3n) is 4.06. The molecule has 2 nitrogen and oxygen atoms in total. The second-order valence-corrected chi connectivity index (χ2v) is 5.31. The lowest BCUT2D eigenvalue weighted by molar-refractivity contribution is 0.0901. The van der Waals surface area contributed by atoms with Crippen LogP contribution in [0.1, 0.15) is 27.9 Å². The summed E-state index contributed by atoms with van der Waals surface area (Å²) in [6.07, 6.45) is 2.77. The van der Waals surface area contributed by atoms with Gasteiger partial charge in [-0.2, -0.15) is 0 Å². The Morgan fingerprint density at radius 1 is 1.10 bits per heavy atom. The molecule has 2 aromatic rings. The number of hydrogen-bond acceptors (Lipinski definition) is 2. The first-order valence-electron chi connectivity index (χ1n) is 7.03. The molecule has 0 bridgehead atoms. The van der Waals surface area contributed by atoms with E-state index in [0.717, 1.165) is 30.6 Å². The summed E-state index contributed by atoms with van der Waals surface area (Å²) >= 11 is 0. The molecule has 0 saturated heterocycles. The minimum absolute atomic E-state index is 0.110. The van der Waals surface area contributed by atoms with Crippen molar-refractivity contribution < 1.29 is 9.53 Å². The zero-order chi connectivity index (χ0) is 13.9. The van der Waals surface area contributed by atoms with Gasteiger partial charge in [0.15, 0.2) is 5.78 Å². The molecular formula is C18H18O2. The molecule has 1 unspecified atom stereocenters. The second kappa shape index (κ2) is 5.49. The first-order chi connectivity index (χ1) is 9.78. The number of fused-ring (bicyclic) bond motifs is 1. The normalized spacial score (nSPS) is 17.6. The predicted octanol–water partition coefficient (Wildman–Crippen LogP) is 3.68. The van der Waals surface area contributed by atoms with E-state index < -0.39 is 0 Å². The standard InChI is InChI=1S/C18H18O2/c1-20-16-10-6-13(7-11-16)12-15-9-8-14-4-2-3-5-17(14)18(15)19/h2-7,10-11,15H,8-9,12H2,1H3. The number of rotatable bonds is 3. The largest absolute Gasteiger partial charge is 0.497 e. The summed E-state index contributed by atoms with van der Waals surface area (Å²) in [4.78, 5) is 12.5. The fourth-order valence-electron chi connectivity index (χ4n) is 2.90. The molecular weight excluding hydrogens is 248 g/mol. The summed E-state index contributed by atoms with van der Waals surface area (Å²) in [6.45, 7) is 0. The lowest BCUT2D eigenvalue weighted by Gasteiger charge is -2.23. The molecule has 0 aromatic heterocycles. The maximum atomic E-state index is 12.5. The van der Waals surface area contributed by atoms with Gasteiger partial charge in [-0.25, -0.2) is 0 Å². The van der Waals surface area contributed by atoms with Crippen molar-refractivity contribution in [3.8, 4) is 5.75 Å². The molecule has 102 valence electrons. The fraction of sp³-hybridized carbons (Fsp3) is 0.278. The number of ether oxygens (including phenoxy) is 1. The van der Waals surface area contributed by atoms with Crippen molar-refractivity contribution in [2.75, 3.05) is 7.11 Å². The maximum absolute atomic E-state index is 12.5. The number of aryl methyl sites for hydroxylation is 1. The molecule has 0 heterocycles. The molecule has 2 heteroatoms. The van der Waals surface area contributed by atoms with Gasteiger partial charge >= 0.3 is 0 Å². The Morgan fingerprint density at radius 3 is 2.60 bits per heavy atom. The summed E-state index contributed by atoms with van der Waals surface area (Å²) in [5.74, 6) is 1.26. The van der Waals surface area contributed by atoms with Gasteiger partial charge in [0.2, 0.25) is 0 Å². The number of benzene rings is 2. The molecule has 0 amide bonds. The Balaban J connectivity index is 1.77. The molecule has 20 heavy (non-hydrogen) atoms. The van der Waals surface area contributed by atoms with Gasteiger partial charge in [-0.15, -0.1) is 0 Å². The van der Waals surface area contributed by atoms with Crippen LogP contribution >= 0.6 is 0 Å². The van der Waals surface area contributed by atoms with Gasteiger partial charge in [0.1, 0.15) is 5.75 Å². The summed E-state index contributed by atoms with van der Waals surface area (Å²) in [5, 5.41) is 0.